The average Bonchev–Trinajstić information content (AvgIpc) is 2.62. The molecule has 0 aromatic carbocycles. The van der Waals surface area contributed by atoms with Gasteiger partial charge >= 0.3 is 0 Å². The zero-order valence-electron chi connectivity index (χ0n) is 8.61. The van der Waals surface area contributed by atoms with E-state index >= 15 is 0 Å². The van der Waals surface area contributed by atoms with Crippen LogP contribution in [0.4, 0.5) is 0 Å². The van der Waals surface area contributed by atoms with Gasteiger partial charge in [-0.05, 0) is 26.3 Å². The van der Waals surface area contributed by atoms with Gasteiger partial charge in [0.05, 0.1) is 22.9 Å². The summed E-state index contributed by atoms with van der Waals surface area (Å²) in [5.41, 5.74) is 3.42. The maximum Gasteiger partial charge on any atom is 0.0898 e. The van der Waals surface area contributed by atoms with E-state index in [2.05, 4.69) is 28.6 Å². The lowest BCUT2D eigenvalue weighted by Gasteiger charge is -1.95. The summed E-state index contributed by atoms with van der Waals surface area (Å²) in [6, 6.07) is 0. The number of aryl methyl sites for hydroxylation is 3. The fourth-order valence-electron chi connectivity index (χ4n) is 1.35. The minimum absolute atomic E-state index is 0.777. The molecule has 0 saturated heterocycles. The van der Waals surface area contributed by atoms with Gasteiger partial charge in [0.2, 0.25) is 0 Å². The largest absolute Gasteiger partial charge is 0.266 e. The van der Waals surface area contributed by atoms with Gasteiger partial charge in [0.1, 0.15) is 0 Å². The molecule has 0 N–H and O–H groups in total. The molecule has 4 heteroatoms. The van der Waals surface area contributed by atoms with E-state index in [4.69, 9.17) is 0 Å². The van der Waals surface area contributed by atoms with Gasteiger partial charge in [0.25, 0.3) is 0 Å². The van der Waals surface area contributed by atoms with Crippen molar-refractivity contribution in [3.63, 3.8) is 0 Å². The molecule has 0 atom stereocenters. The fourth-order valence-corrected chi connectivity index (χ4v) is 1.95. The highest BCUT2D eigenvalue weighted by atomic mass is 32.1. The minimum atomic E-state index is 0.777. The lowest BCUT2D eigenvalue weighted by molar-refractivity contribution is 0.668. The van der Waals surface area contributed by atoms with Crippen LogP contribution in [0, 0.1) is 20.8 Å². The van der Waals surface area contributed by atoms with Gasteiger partial charge < -0.3 is 0 Å². The van der Waals surface area contributed by atoms with E-state index < -0.39 is 0 Å². The average molecular weight is 207 g/mol. The number of hydrogen-bond acceptors (Lipinski definition) is 3. The van der Waals surface area contributed by atoms with Gasteiger partial charge in [-0.2, -0.15) is 5.10 Å². The van der Waals surface area contributed by atoms with Gasteiger partial charge in [-0.3, -0.25) is 4.68 Å². The quantitative estimate of drug-likeness (QED) is 0.756. The number of aromatic nitrogens is 3. The third-order valence-corrected chi connectivity index (χ3v) is 3.00. The van der Waals surface area contributed by atoms with Crippen molar-refractivity contribution >= 4 is 11.3 Å². The molecule has 0 amide bonds. The number of nitrogens with zero attached hydrogens (tertiary/aromatic N) is 3. The van der Waals surface area contributed by atoms with Crippen LogP contribution in [0.1, 0.15) is 22.0 Å². The van der Waals surface area contributed by atoms with Crippen LogP contribution in [0.3, 0.4) is 0 Å². The van der Waals surface area contributed by atoms with E-state index in [1.54, 1.807) is 11.3 Å². The second kappa shape index (κ2) is 3.53. The SMILES string of the molecule is Cc1nc(Cn2cc(C)c(C)n2)cs1. The Labute approximate surface area is 87.4 Å². The molecule has 0 aliphatic heterocycles. The molecule has 0 radical (unpaired) electrons. The zero-order chi connectivity index (χ0) is 10.1. The predicted molar refractivity (Wildman–Crippen MR) is 57.7 cm³/mol. The summed E-state index contributed by atoms with van der Waals surface area (Å²) >= 11 is 1.68. The van der Waals surface area contributed by atoms with Gasteiger partial charge in [-0.15, -0.1) is 11.3 Å². The maximum atomic E-state index is 4.40. The Morgan fingerprint density at radius 1 is 1.36 bits per heavy atom. The monoisotopic (exact) mass is 207 g/mol. The van der Waals surface area contributed by atoms with Crippen molar-refractivity contribution < 1.29 is 0 Å². The molecule has 2 aromatic heterocycles. The Morgan fingerprint density at radius 3 is 2.64 bits per heavy atom. The first-order chi connectivity index (χ1) is 6.65. The van der Waals surface area contributed by atoms with E-state index in [1.165, 1.54) is 5.56 Å². The normalized spacial score (nSPS) is 10.8. The molecule has 3 nitrogen and oxygen atoms in total. The summed E-state index contributed by atoms with van der Waals surface area (Å²) in [7, 11) is 0. The molecule has 0 saturated carbocycles. The van der Waals surface area contributed by atoms with E-state index in [1.807, 2.05) is 18.5 Å². The third kappa shape index (κ3) is 1.85. The molecule has 2 rings (SSSR count). The number of rotatable bonds is 2. The molecule has 2 heterocycles. The van der Waals surface area contributed by atoms with E-state index in [0.29, 0.717) is 0 Å². The summed E-state index contributed by atoms with van der Waals surface area (Å²) in [4.78, 5) is 4.40. The standard InChI is InChI=1S/C10H13N3S/c1-7-4-13(12-8(7)2)5-10-6-14-9(3)11-10/h4,6H,5H2,1-3H3. The zero-order valence-corrected chi connectivity index (χ0v) is 9.43. The van der Waals surface area contributed by atoms with Crippen LogP contribution in [-0.4, -0.2) is 14.8 Å². The Balaban J connectivity index is 2.18. The summed E-state index contributed by atoms with van der Waals surface area (Å²) in [6.07, 6.45) is 2.06. The maximum absolute atomic E-state index is 4.40. The van der Waals surface area contributed by atoms with Crippen LogP contribution in [0.25, 0.3) is 0 Å². The molecule has 0 fully saturated rings. The fraction of sp³-hybridized carbons (Fsp3) is 0.400. The van der Waals surface area contributed by atoms with Crippen molar-refractivity contribution in [2.45, 2.75) is 27.3 Å². The van der Waals surface area contributed by atoms with Gasteiger partial charge in [0, 0.05) is 11.6 Å². The Bertz CT molecular complexity index is 422. The minimum Gasteiger partial charge on any atom is -0.266 e. The molecule has 0 aliphatic rings. The lowest BCUT2D eigenvalue weighted by atomic mass is 10.3. The first-order valence-electron chi connectivity index (χ1n) is 4.57. The van der Waals surface area contributed by atoms with Gasteiger partial charge in [-0.25, -0.2) is 4.98 Å². The molecule has 74 valence electrons. The van der Waals surface area contributed by atoms with Crippen molar-refractivity contribution in [3.8, 4) is 0 Å². The smallest absolute Gasteiger partial charge is 0.0898 e. The van der Waals surface area contributed by atoms with Crippen molar-refractivity contribution in [2.75, 3.05) is 0 Å². The van der Waals surface area contributed by atoms with Crippen LogP contribution in [0.15, 0.2) is 11.6 Å². The number of hydrogen-bond donors (Lipinski definition) is 0. The highest BCUT2D eigenvalue weighted by Gasteiger charge is 2.02. The number of thiazole rings is 1. The molecule has 2 aromatic rings. The van der Waals surface area contributed by atoms with Crippen molar-refractivity contribution in [3.05, 3.63) is 33.5 Å². The molecular formula is C10H13N3S. The Kier molecular flexibility index (Phi) is 2.37. The van der Waals surface area contributed by atoms with Crippen LogP contribution in [0.2, 0.25) is 0 Å². The highest BCUT2D eigenvalue weighted by Crippen LogP contribution is 2.10. The molecule has 14 heavy (non-hydrogen) atoms. The predicted octanol–water partition coefficient (Wildman–Crippen LogP) is 2.31. The van der Waals surface area contributed by atoms with Crippen LogP contribution >= 0.6 is 11.3 Å². The summed E-state index contributed by atoms with van der Waals surface area (Å²) in [5.74, 6) is 0. The Hall–Kier alpha value is -1.16. The molecule has 0 spiro atoms. The van der Waals surface area contributed by atoms with Gasteiger partial charge in [-0.1, -0.05) is 0 Å². The highest BCUT2D eigenvalue weighted by molar-refractivity contribution is 7.09. The second-order valence-electron chi connectivity index (χ2n) is 3.45. The van der Waals surface area contributed by atoms with Crippen LogP contribution in [-0.2, 0) is 6.54 Å². The summed E-state index contributed by atoms with van der Waals surface area (Å²) in [6.45, 7) is 6.90. The molecular weight excluding hydrogens is 194 g/mol. The second-order valence-corrected chi connectivity index (χ2v) is 4.52. The molecule has 0 aliphatic carbocycles. The molecule has 0 bridgehead atoms. The van der Waals surface area contributed by atoms with Crippen molar-refractivity contribution in [1.29, 1.82) is 0 Å². The molecule has 0 unspecified atom stereocenters. The van der Waals surface area contributed by atoms with E-state index in [0.717, 1.165) is 22.9 Å². The summed E-state index contributed by atoms with van der Waals surface area (Å²) in [5, 5.41) is 7.59. The topological polar surface area (TPSA) is 30.7 Å². The summed E-state index contributed by atoms with van der Waals surface area (Å²) < 4.78 is 1.94. The van der Waals surface area contributed by atoms with E-state index in [-0.39, 0.29) is 0 Å². The third-order valence-electron chi connectivity index (χ3n) is 2.18. The lowest BCUT2D eigenvalue weighted by Crippen LogP contribution is -2.00. The van der Waals surface area contributed by atoms with Crippen molar-refractivity contribution in [2.24, 2.45) is 0 Å². The van der Waals surface area contributed by atoms with Crippen LogP contribution < -0.4 is 0 Å². The van der Waals surface area contributed by atoms with E-state index in [9.17, 15) is 0 Å². The first kappa shape index (κ1) is 9.40. The van der Waals surface area contributed by atoms with Crippen LogP contribution in [0.5, 0.6) is 0 Å². The van der Waals surface area contributed by atoms with Gasteiger partial charge in [0.15, 0.2) is 0 Å². The van der Waals surface area contributed by atoms with Crippen molar-refractivity contribution in [1.82, 2.24) is 14.8 Å². The Morgan fingerprint density at radius 2 is 2.14 bits per heavy atom. The first-order valence-corrected chi connectivity index (χ1v) is 5.45.